The van der Waals surface area contributed by atoms with Crippen LogP contribution in [0.1, 0.15) is 12.5 Å². The lowest BCUT2D eigenvalue weighted by Crippen LogP contribution is -2.22. The Morgan fingerprint density at radius 3 is 2.50 bits per heavy atom. The van der Waals surface area contributed by atoms with E-state index in [0.29, 0.717) is 12.2 Å². The van der Waals surface area contributed by atoms with E-state index >= 15 is 0 Å². The van der Waals surface area contributed by atoms with Crippen LogP contribution < -0.4 is 10.6 Å². The Morgan fingerprint density at radius 1 is 1.20 bits per heavy atom. The van der Waals surface area contributed by atoms with Gasteiger partial charge < -0.3 is 10.6 Å². The second-order valence-electron chi connectivity index (χ2n) is 4.49. The van der Waals surface area contributed by atoms with Gasteiger partial charge in [-0.2, -0.15) is 0 Å². The van der Waals surface area contributed by atoms with Gasteiger partial charge in [-0.25, -0.2) is 0 Å². The summed E-state index contributed by atoms with van der Waals surface area (Å²) in [5.41, 5.74) is 8.40. The minimum Gasteiger partial charge on any atom is -0.398 e. The van der Waals surface area contributed by atoms with Crippen LogP contribution in [0.2, 0.25) is 0 Å². The van der Waals surface area contributed by atoms with Crippen LogP contribution in [0.25, 0.3) is 0 Å². The summed E-state index contributed by atoms with van der Waals surface area (Å²) in [5.74, 6) is 0. The fourth-order valence-electron chi connectivity index (χ4n) is 2.07. The smallest absolute Gasteiger partial charge is 0.269 e. The van der Waals surface area contributed by atoms with Gasteiger partial charge in [-0.15, -0.1) is 0 Å². The summed E-state index contributed by atoms with van der Waals surface area (Å²) < 4.78 is 0. The van der Waals surface area contributed by atoms with Gasteiger partial charge in [0.25, 0.3) is 5.69 Å². The first kappa shape index (κ1) is 13.9. The first-order valence-corrected chi connectivity index (χ1v) is 6.44. The van der Waals surface area contributed by atoms with Gasteiger partial charge in [0.1, 0.15) is 0 Å². The van der Waals surface area contributed by atoms with E-state index in [1.807, 2.05) is 37.3 Å². The van der Waals surface area contributed by atoms with Crippen molar-refractivity contribution >= 4 is 17.1 Å². The highest BCUT2D eigenvalue weighted by atomic mass is 16.6. The summed E-state index contributed by atoms with van der Waals surface area (Å²) in [6.45, 7) is 3.39. The van der Waals surface area contributed by atoms with Gasteiger partial charge in [0.15, 0.2) is 0 Å². The zero-order valence-corrected chi connectivity index (χ0v) is 11.3. The molecule has 0 aliphatic carbocycles. The number of nitrogen functional groups attached to an aromatic ring is 1. The predicted molar refractivity (Wildman–Crippen MR) is 80.7 cm³/mol. The maximum atomic E-state index is 10.8. The van der Waals surface area contributed by atoms with Crippen molar-refractivity contribution in [2.45, 2.75) is 13.5 Å². The zero-order chi connectivity index (χ0) is 14.5. The van der Waals surface area contributed by atoms with Gasteiger partial charge in [-0.05, 0) is 25.1 Å². The molecule has 0 saturated carbocycles. The maximum absolute atomic E-state index is 10.8. The topological polar surface area (TPSA) is 72.4 Å². The number of nitro groups is 1. The number of nitrogens with zero attached hydrogens (tertiary/aromatic N) is 2. The zero-order valence-electron chi connectivity index (χ0n) is 11.3. The molecule has 0 spiro atoms. The first-order chi connectivity index (χ1) is 9.61. The van der Waals surface area contributed by atoms with E-state index in [0.717, 1.165) is 17.8 Å². The van der Waals surface area contributed by atoms with Crippen molar-refractivity contribution in [3.63, 3.8) is 0 Å². The number of anilines is 2. The van der Waals surface area contributed by atoms with E-state index in [-0.39, 0.29) is 5.69 Å². The van der Waals surface area contributed by atoms with E-state index < -0.39 is 4.92 Å². The molecular formula is C15H17N3O2. The number of para-hydroxylation sites is 1. The number of benzene rings is 2. The Labute approximate surface area is 117 Å². The highest BCUT2D eigenvalue weighted by Gasteiger charge is 2.12. The Kier molecular flexibility index (Phi) is 4.20. The van der Waals surface area contributed by atoms with Crippen LogP contribution >= 0.6 is 0 Å². The molecule has 20 heavy (non-hydrogen) atoms. The minimum absolute atomic E-state index is 0.0679. The van der Waals surface area contributed by atoms with Gasteiger partial charge in [-0.1, -0.05) is 18.2 Å². The normalized spacial score (nSPS) is 10.2. The molecule has 2 aromatic rings. The number of hydrogen-bond acceptors (Lipinski definition) is 4. The number of hydrogen-bond donors (Lipinski definition) is 1. The molecule has 0 fully saturated rings. The monoisotopic (exact) mass is 271 g/mol. The van der Waals surface area contributed by atoms with Gasteiger partial charge in [0.2, 0.25) is 0 Å². The van der Waals surface area contributed by atoms with E-state index in [9.17, 15) is 10.1 Å². The van der Waals surface area contributed by atoms with Gasteiger partial charge in [0.05, 0.1) is 4.92 Å². The third-order valence-electron chi connectivity index (χ3n) is 3.20. The second-order valence-corrected chi connectivity index (χ2v) is 4.49. The van der Waals surface area contributed by atoms with Crippen LogP contribution in [0.3, 0.4) is 0 Å². The fourth-order valence-corrected chi connectivity index (χ4v) is 2.07. The molecule has 0 saturated heterocycles. The molecule has 0 aromatic heterocycles. The highest BCUT2D eigenvalue weighted by Crippen LogP contribution is 2.23. The van der Waals surface area contributed by atoms with Crippen molar-refractivity contribution in [3.8, 4) is 0 Å². The SMILES string of the molecule is CCN(Cc1cc([N+](=O)[O-])ccc1N)c1ccccc1. The van der Waals surface area contributed by atoms with Crippen molar-refractivity contribution in [2.75, 3.05) is 17.2 Å². The number of rotatable bonds is 5. The molecule has 0 atom stereocenters. The van der Waals surface area contributed by atoms with Crippen LogP contribution in [0, 0.1) is 10.1 Å². The Morgan fingerprint density at radius 2 is 1.90 bits per heavy atom. The summed E-state index contributed by atoms with van der Waals surface area (Å²) in [4.78, 5) is 12.6. The standard InChI is InChI=1S/C15H17N3O2/c1-2-17(13-6-4-3-5-7-13)11-12-10-14(18(19)20)8-9-15(12)16/h3-10H,2,11,16H2,1H3. The quantitative estimate of drug-likeness (QED) is 0.515. The lowest BCUT2D eigenvalue weighted by molar-refractivity contribution is -0.384. The summed E-state index contributed by atoms with van der Waals surface area (Å²) in [6.07, 6.45) is 0. The van der Waals surface area contributed by atoms with Crippen LogP contribution in [-0.4, -0.2) is 11.5 Å². The van der Waals surface area contributed by atoms with E-state index in [1.165, 1.54) is 6.07 Å². The average Bonchev–Trinajstić information content (AvgIpc) is 2.47. The molecule has 5 nitrogen and oxygen atoms in total. The average molecular weight is 271 g/mol. The molecule has 0 unspecified atom stereocenters. The van der Waals surface area contributed by atoms with Crippen LogP contribution in [0.5, 0.6) is 0 Å². The summed E-state index contributed by atoms with van der Waals surface area (Å²) >= 11 is 0. The number of non-ortho nitro benzene ring substituents is 1. The van der Waals surface area contributed by atoms with Crippen molar-refractivity contribution in [1.82, 2.24) is 0 Å². The molecule has 0 heterocycles. The van der Waals surface area contributed by atoms with Gasteiger partial charge in [0, 0.05) is 42.2 Å². The van der Waals surface area contributed by atoms with Crippen molar-refractivity contribution in [2.24, 2.45) is 0 Å². The highest BCUT2D eigenvalue weighted by molar-refractivity contribution is 5.55. The molecule has 2 aromatic carbocycles. The molecule has 2 rings (SSSR count). The largest absolute Gasteiger partial charge is 0.398 e. The molecule has 104 valence electrons. The number of nitro benzene ring substituents is 1. The third-order valence-corrected chi connectivity index (χ3v) is 3.20. The molecule has 0 aliphatic heterocycles. The fraction of sp³-hybridized carbons (Fsp3) is 0.200. The number of nitrogens with two attached hydrogens (primary N) is 1. The first-order valence-electron chi connectivity index (χ1n) is 6.44. The molecule has 5 heteroatoms. The van der Waals surface area contributed by atoms with Crippen LogP contribution in [0.15, 0.2) is 48.5 Å². The summed E-state index contributed by atoms with van der Waals surface area (Å²) in [7, 11) is 0. The van der Waals surface area contributed by atoms with Crippen molar-refractivity contribution in [3.05, 3.63) is 64.2 Å². The van der Waals surface area contributed by atoms with Crippen molar-refractivity contribution in [1.29, 1.82) is 0 Å². The summed E-state index contributed by atoms with van der Waals surface area (Å²) in [5, 5.41) is 10.8. The molecule has 0 aliphatic rings. The van der Waals surface area contributed by atoms with E-state index in [2.05, 4.69) is 4.90 Å². The van der Waals surface area contributed by atoms with Crippen LogP contribution in [0.4, 0.5) is 17.1 Å². The van der Waals surface area contributed by atoms with Crippen LogP contribution in [-0.2, 0) is 6.54 Å². The van der Waals surface area contributed by atoms with Gasteiger partial charge in [-0.3, -0.25) is 10.1 Å². The maximum Gasteiger partial charge on any atom is 0.269 e. The predicted octanol–water partition coefficient (Wildman–Crippen LogP) is 3.20. The molecule has 0 radical (unpaired) electrons. The Bertz CT molecular complexity index is 599. The Balaban J connectivity index is 2.28. The van der Waals surface area contributed by atoms with Gasteiger partial charge >= 0.3 is 0 Å². The Hall–Kier alpha value is -2.56. The van der Waals surface area contributed by atoms with E-state index in [4.69, 9.17) is 5.73 Å². The summed E-state index contributed by atoms with van der Waals surface area (Å²) in [6, 6.07) is 14.5. The third kappa shape index (κ3) is 3.06. The molecule has 2 N–H and O–H groups in total. The lowest BCUT2D eigenvalue weighted by atomic mass is 10.1. The molecule has 0 bridgehead atoms. The van der Waals surface area contributed by atoms with Crippen molar-refractivity contribution < 1.29 is 4.92 Å². The lowest BCUT2D eigenvalue weighted by Gasteiger charge is -2.23. The van der Waals surface area contributed by atoms with E-state index in [1.54, 1.807) is 12.1 Å². The second kappa shape index (κ2) is 6.06. The minimum atomic E-state index is -0.401. The molecular weight excluding hydrogens is 254 g/mol. The molecule has 0 amide bonds.